The Morgan fingerprint density at radius 1 is 1.56 bits per heavy atom. The van der Waals surface area contributed by atoms with Gasteiger partial charge in [-0.15, -0.1) is 0 Å². The monoisotopic (exact) mass is 218 g/mol. The van der Waals surface area contributed by atoms with E-state index in [1.165, 1.54) is 12.5 Å². The van der Waals surface area contributed by atoms with Gasteiger partial charge < -0.3 is 5.11 Å². The maximum atomic E-state index is 10.9. The smallest absolute Gasteiger partial charge is 0.339 e. The molecule has 2 aromatic rings. The fourth-order valence-corrected chi connectivity index (χ4v) is 1.37. The minimum Gasteiger partial charge on any atom is -0.478 e. The minimum absolute atomic E-state index is 0.109. The Bertz CT molecular complexity index is 521. The summed E-state index contributed by atoms with van der Waals surface area (Å²) in [6.45, 7) is 2.23. The van der Waals surface area contributed by atoms with Gasteiger partial charge in [-0.1, -0.05) is 0 Å². The van der Waals surface area contributed by atoms with Crippen LogP contribution in [0.25, 0.3) is 0 Å². The van der Waals surface area contributed by atoms with Crippen molar-refractivity contribution in [2.24, 2.45) is 0 Å². The molecule has 0 saturated carbocycles. The Hall–Kier alpha value is -2.24. The van der Waals surface area contributed by atoms with Gasteiger partial charge in [-0.25, -0.2) is 14.8 Å². The van der Waals surface area contributed by atoms with Crippen molar-refractivity contribution in [2.45, 2.75) is 13.5 Å². The molecule has 0 aliphatic heterocycles. The molecule has 2 heterocycles. The van der Waals surface area contributed by atoms with Crippen LogP contribution in [-0.4, -0.2) is 30.8 Å². The van der Waals surface area contributed by atoms with Crippen molar-refractivity contribution >= 4 is 5.97 Å². The maximum absolute atomic E-state index is 10.9. The highest BCUT2D eigenvalue weighted by atomic mass is 16.4. The van der Waals surface area contributed by atoms with Crippen LogP contribution in [0.4, 0.5) is 0 Å². The molecule has 2 rings (SSSR count). The highest BCUT2D eigenvalue weighted by molar-refractivity contribution is 5.88. The molecule has 0 aliphatic carbocycles. The van der Waals surface area contributed by atoms with E-state index >= 15 is 0 Å². The number of aryl methyl sites for hydroxylation is 1. The predicted octanol–water partition coefficient (Wildman–Crippen LogP) is 0.728. The van der Waals surface area contributed by atoms with Crippen molar-refractivity contribution in [3.63, 3.8) is 0 Å². The Kier molecular flexibility index (Phi) is 2.63. The first-order valence-corrected chi connectivity index (χ1v) is 4.69. The lowest BCUT2D eigenvalue weighted by Crippen LogP contribution is -2.11. The summed E-state index contributed by atoms with van der Waals surface area (Å²) in [6, 6.07) is 1.85. The normalized spacial score (nSPS) is 10.3. The summed E-state index contributed by atoms with van der Waals surface area (Å²) < 4.78 is 1.69. The molecule has 1 N–H and O–H groups in total. The second-order valence-corrected chi connectivity index (χ2v) is 3.32. The lowest BCUT2D eigenvalue weighted by atomic mass is 10.2. The molecule has 0 radical (unpaired) electrons. The molecular formula is C10H10N4O2. The average molecular weight is 218 g/mol. The van der Waals surface area contributed by atoms with Gasteiger partial charge in [0.05, 0.1) is 12.2 Å². The van der Waals surface area contributed by atoms with Crippen LogP contribution in [0.15, 0.2) is 24.8 Å². The van der Waals surface area contributed by atoms with E-state index < -0.39 is 5.97 Å². The molecule has 0 fully saturated rings. The fourth-order valence-electron chi connectivity index (χ4n) is 1.37. The highest BCUT2D eigenvalue weighted by Gasteiger charge is 2.12. The molecule has 6 heteroatoms. The van der Waals surface area contributed by atoms with Crippen molar-refractivity contribution in [1.29, 1.82) is 0 Å². The van der Waals surface area contributed by atoms with Crippen molar-refractivity contribution in [2.75, 3.05) is 0 Å². The summed E-state index contributed by atoms with van der Waals surface area (Å²) in [7, 11) is 0. The zero-order valence-corrected chi connectivity index (χ0v) is 8.66. The molecule has 0 amide bonds. The van der Waals surface area contributed by atoms with E-state index in [9.17, 15) is 4.79 Å². The molecule has 2 aromatic heterocycles. The van der Waals surface area contributed by atoms with Crippen LogP contribution in [0.1, 0.15) is 21.7 Å². The van der Waals surface area contributed by atoms with E-state index in [4.69, 9.17) is 5.11 Å². The van der Waals surface area contributed by atoms with E-state index in [0.29, 0.717) is 12.2 Å². The van der Waals surface area contributed by atoms with Crippen molar-refractivity contribution in [3.8, 4) is 0 Å². The van der Waals surface area contributed by atoms with Gasteiger partial charge in [0.2, 0.25) is 0 Å². The van der Waals surface area contributed by atoms with Gasteiger partial charge in [-0.3, -0.25) is 4.68 Å². The van der Waals surface area contributed by atoms with Crippen LogP contribution >= 0.6 is 0 Å². The molecule has 0 aliphatic rings. The van der Waals surface area contributed by atoms with E-state index in [1.54, 1.807) is 10.9 Å². The summed E-state index contributed by atoms with van der Waals surface area (Å²) in [5, 5.41) is 13.0. The molecule has 16 heavy (non-hydrogen) atoms. The van der Waals surface area contributed by atoms with Crippen LogP contribution < -0.4 is 0 Å². The fraction of sp³-hybridized carbons (Fsp3) is 0.200. The van der Waals surface area contributed by atoms with E-state index in [-0.39, 0.29) is 5.56 Å². The Morgan fingerprint density at radius 2 is 2.38 bits per heavy atom. The van der Waals surface area contributed by atoms with Gasteiger partial charge in [0.25, 0.3) is 0 Å². The van der Waals surface area contributed by atoms with Gasteiger partial charge >= 0.3 is 5.97 Å². The molecule has 0 saturated heterocycles. The van der Waals surface area contributed by atoms with Gasteiger partial charge in [0.1, 0.15) is 11.9 Å². The zero-order chi connectivity index (χ0) is 11.5. The number of hydrogen-bond donors (Lipinski definition) is 1. The molecule has 0 aromatic carbocycles. The average Bonchev–Trinajstić information content (AvgIpc) is 2.65. The molecular weight excluding hydrogens is 208 g/mol. The van der Waals surface area contributed by atoms with Gasteiger partial charge in [0.15, 0.2) is 0 Å². The number of carboxylic acid groups (broad SMARTS) is 1. The molecule has 0 atom stereocenters. The second kappa shape index (κ2) is 4.09. The number of nitrogens with zero attached hydrogens (tertiary/aromatic N) is 4. The Labute approximate surface area is 91.6 Å². The maximum Gasteiger partial charge on any atom is 0.339 e. The Balaban J connectivity index is 2.35. The van der Waals surface area contributed by atoms with Crippen LogP contribution in [-0.2, 0) is 6.54 Å². The predicted molar refractivity (Wildman–Crippen MR) is 55.1 cm³/mol. The summed E-state index contributed by atoms with van der Waals surface area (Å²) in [4.78, 5) is 18.6. The molecule has 82 valence electrons. The highest BCUT2D eigenvalue weighted by Crippen LogP contribution is 2.07. The molecule has 0 unspecified atom stereocenters. The third-order valence-corrected chi connectivity index (χ3v) is 2.25. The first kappa shape index (κ1) is 10.3. The van der Waals surface area contributed by atoms with Crippen LogP contribution in [0.2, 0.25) is 0 Å². The number of carbonyl (C=O) groups is 1. The summed E-state index contributed by atoms with van der Waals surface area (Å²) >= 11 is 0. The first-order chi connectivity index (χ1) is 7.68. The molecule has 0 bridgehead atoms. The summed E-state index contributed by atoms with van der Waals surface area (Å²) in [6.07, 6.45) is 4.29. The number of aromatic carboxylic acids is 1. The summed E-state index contributed by atoms with van der Waals surface area (Å²) in [5.74, 6) is -1.03. The lowest BCUT2D eigenvalue weighted by molar-refractivity contribution is 0.0694. The van der Waals surface area contributed by atoms with E-state index in [1.807, 2.05) is 13.0 Å². The topological polar surface area (TPSA) is 80.9 Å². The Morgan fingerprint density at radius 3 is 3.00 bits per heavy atom. The largest absolute Gasteiger partial charge is 0.478 e. The number of hydrogen-bond acceptors (Lipinski definition) is 4. The number of carboxylic acids is 1. The van der Waals surface area contributed by atoms with Crippen molar-refractivity contribution in [3.05, 3.63) is 41.7 Å². The number of aromatic nitrogens is 4. The zero-order valence-electron chi connectivity index (χ0n) is 8.66. The van der Waals surface area contributed by atoms with Crippen molar-refractivity contribution < 1.29 is 9.90 Å². The number of rotatable bonds is 3. The van der Waals surface area contributed by atoms with Crippen LogP contribution in [0.5, 0.6) is 0 Å². The minimum atomic E-state index is -1.03. The van der Waals surface area contributed by atoms with Crippen LogP contribution in [0, 0.1) is 6.92 Å². The molecule has 6 nitrogen and oxygen atoms in total. The standard InChI is InChI=1S/C10H10N4O2/c1-7-2-3-13-14(7)5-9-8(10(15)16)4-11-6-12-9/h2-4,6H,5H2,1H3,(H,15,16). The summed E-state index contributed by atoms with van der Waals surface area (Å²) in [5.41, 5.74) is 1.52. The SMILES string of the molecule is Cc1ccnn1Cc1ncncc1C(=O)O. The second-order valence-electron chi connectivity index (χ2n) is 3.32. The van der Waals surface area contributed by atoms with E-state index in [0.717, 1.165) is 5.69 Å². The lowest BCUT2D eigenvalue weighted by Gasteiger charge is -2.05. The third-order valence-electron chi connectivity index (χ3n) is 2.25. The first-order valence-electron chi connectivity index (χ1n) is 4.69. The molecule has 0 spiro atoms. The van der Waals surface area contributed by atoms with Gasteiger partial charge in [-0.2, -0.15) is 5.10 Å². The van der Waals surface area contributed by atoms with Crippen LogP contribution in [0.3, 0.4) is 0 Å². The van der Waals surface area contributed by atoms with E-state index in [2.05, 4.69) is 15.1 Å². The quantitative estimate of drug-likeness (QED) is 0.821. The van der Waals surface area contributed by atoms with Gasteiger partial charge in [0, 0.05) is 18.1 Å². The van der Waals surface area contributed by atoms with Gasteiger partial charge in [-0.05, 0) is 13.0 Å². The third kappa shape index (κ3) is 1.90. The van der Waals surface area contributed by atoms with Crippen molar-refractivity contribution in [1.82, 2.24) is 19.7 Å².